The molecule has 0 spiro atoms. The second-order valence-electron chi connectivity index (χ2n) is 4.06. The van der Waals surface area contributed by atoms with E-state index in [-0.39, 0.29) is 6.54 Å². The van der Waals surface area contributed by atoms with Crippen molar-refractivity contribution in [2.75, 3.05) is 17.9 Å². The Labute approximate surface area is 89.7 Å². The van der Waals surface area contributed by atoms with E-state index >= 15 is 0 Å². The average Bonchev–Trinajstić information content (AvgIpc) is 1.92. The highest BCUT2D eigenvalue weighted by Crippen LogP contribution is 2.30. The summed E-state index contributed by atoms with van der Waals surface area (Å²) >= 11 is 0. The van der Waals surface area contributed by atoms with Crippen LogP contribution in [-0.4, -0.2) is 45.4 Å². The Hall–Kier alpha value is -0.180. The van der Waals surface area contributed by atoms with Crippen LogP contribution in [0.4, 0.5) is 0 Å². The van der Waals surface area contributed by atoms with Gasteiger partial charge >= 0.3 is 0 Å². The van der Waals surface area contributed by atoms with Gasteiger partial charge in [-0.1, -0.05) is 0 Å². The van der Waals surface area contributed by atoms with Gasteiger partial charge in [-0.2, -0.15) is 0 Å². The molecule has 1 rings (SSSR count). The average molecular weight is 257 g/mol. The van der Waals surface area contributed by atoms with E-state index in [9.17, 15) is 21.9 Å². The number of hydrogen-bond donors (Lipinski definition) is 2. The predicted molar refractivity (Wildman–Crippen MR) is 55.4 cm³/mol. The van der Waals surface area contributed by atoms with Gasteiger partial charge in [-0.3, -0.25) is 0 Å². The van der Waals surface area contributed by atoms with E-state index < -0.39 is 30.5 Å². The van der Waals surface area contributed by atoms with E-state index in [0.29, 0.717) is 12.8 Å². The van der Waals surface area contributed by atoms with Crippen LogP contribution in [0.1, 0.15) is 19.3 Å². The Bertz CT molecular complexity index is 420. The summed E-state index contributed by atoms with van der Waals surface area (Å²) in [6.07, 6.45) is 2.82. The normalized spacial score (nSPS) is 20.9. The Morgan fingerprint density at radius 2 is 1.80 bits per heavy atom. The standard InChI is InChI=1S/C7H15NO5S2/c1-14(10,11)6-15(12,13)8-5-7(9)3-2-4-7/h8-9H,2-6H2,1H3. The van der Waals surface area contributed by atoms with E-state index in [0.717, 1.165) is 12.7 Å². The van der Waals surface area contributed by atoms with Gasteiger partial charge in [-0.15, -0.1) is 0 Å². The molecule has 0 aliphatic heterocycles. The van der Waals surface area contributed by atoms with E-state index in [1.807, 2.05) is 0 Å². The molecule has 15 heavy (non-hydrogen) atoms. The SMILES string of the molecule is CS(=O)(=O)CS(=O)(=O)NCC1(O)CCC1. The summed E-state index contributed by atoms with van der Waals surface area (Å²) < 4.78 is 46.1. The second kappa shape index (κ2) is 4.00. The van der Waals surface area contributed by atoms with Crippen LogP contribution in [-0.2, 0) is 19.9 Å². The molecule has 1 fully saturated rings. The maximum Gasteiger partial charge on any atom is 0.226 e. The van der Waals surface area contributed by atoms with Crippen molar-refractivity contribution in [1.29, 1.82) is 0 Å². The molecule has 0 aromatic carbocycles. The molecule has 2 N–H and O–H groups in total. The van der Waals surface area contributed by atoms with E-state index in [2.05, 4.69) is 4.72 Å². The molecule has 0 aromatic heterocycles. The zero-order valence-electron chi connectivity index (χ0n) is 8.43. The fourth-order valence-electron chi connectivity index (χ4n) is 1.33. The molecule has 0 atom stereocenters. The fourth-order valence-corrected chi connectivity index (χ4v) is 4.41. The highest BCUT2D eigenvalue weighted by Gasteiger charge is 2.35. The minimum absolute atomic E-state index is 0.106. The van der Waals surface area contributed by atoms with Crippen LogP contribution >= 0.6 is 0 Å². The first-order chi connectivity index (χ1) is 6.62. The topological polar surface area (TPSA) is 101 Å². The molecular weight excluding hydrogens is 242 g/mol. The lowest BCUT2D eigenvalue weighted by molar-refractivity contribution is -0.0270. The lowest BCUT2D eigenvalue weighted by Gasteiger charge is -2.36. The molecule has 0 aromatic rings. The van der Waals surface area contributed by atoms with Gasteiger partial charge in [0.05, 0.1) is 5.60 Å². The quantitative estimate of drug-likeness (QED) is 0.646. The number of sulfonamides is 1. The third kappa shape index (κ3) is 4.45. The minimum Gasteiger partial charge on any atom is -0.389 e. The number of sulfone groups is 1. The smallest absolute Gasteiger partial charge is 0.226 e. The Kier molecular flexibility index (Phi) is 3.44. The van der Waals surface area contributed by atoms with Gasteiger partial charge in [-0.25, -0.2) is 21.6 Å². The van der Waals surface area contributed by atoms with Gasteiger partial charge in [0, 0.05) is 12.8 Å². The van der Waals surface area contributed by atoms with Crippen LogP contribution in [0, 0.1) is 0 Å². The largest absolute Gasteiger partial charge is 0.389 e. The van der Waals surface area contributed by atoms with Crippen LogP contribution in [0.5, 0.6) is 0 Å². The van der Waals surface area contributed by atoms with Crippen molar-refractivity contribution in [3.8, 4) is 0 Å². The molecule has 1 aliphatic rings. The number of hydrogen-bond acceptors (Lipinski definition) is 5. The van der Waals surface area contributed by atoms with E-state index in [4.69, 9.17) is 0 Å². The van der Waals surface area contributed by atoms with Crippen LogP contribution in [0.3, 0.4) is 0 Å². The van der Waals surface area contributed by atoms with Gasteiger partial charge in [-0.05, 0) is 19.3 Å². The molecule has 0 bridgehead atoms. The number of aliphatic hydroxyl groups is 1. The second-order valence-corrected chi connectivity index (χ2v) is 8.37. The Morgan fingerprint density at radius 1 is 1.27 bits per heavy atom. The summed E-state index contributed by atoms with van der Waals surface area (Å²) in [4.78, 5) is 0. The highest BCUT2D eigenvalue weighted by atomic mass is 32.3. The van der Waals surface area contributed by atoms with Crippen molar-refractivity contribution >= 4 is 19.9 Å². The first kappa shape index (κ1) is 12.9. The van der Waals surface area contributed by atoms with Crippen LogP contribution in [0.2, 0.25) is 0 Å². The minimum atomic E-state index is -3.85. The van der Waals surface area contributed by atoms with Crippen LogP contribution in [0.25, 0.3) is 0 Å². The molecule has 90 valence electrons. The van der Waals surface area contributed by atoms with Gasteiger partial charge in [0.2, 0.25) is 10.0 Å². The molecule has 0 unspecified atom stereocenters. The van der Waals surface area contributed by atoms with Crippen molar-refractivity contribution in [1.82, 2.24) is 4.72 Å². The summed E-state index contributed by atoms with van der Waals surface area (Å²) in [6.45, 7) is -0.106. The van der Waals surface area contributed by atoms with Crippen LogP contribution < -0.4 is 4.72 Å². The number of nitrogens with one attached hydrogen (secondary N) is 1. The maximum atomic E-state index is 11.2. The molecule has 6 nitrogen and oxygen atoms in total. The predicted octanol–water partition coefficient (Wildman–Crippen LogP) is -1.18. The van der Waals surface area contributed by atoms with E-state index in [1.54, 1.807) is 0 Å². The fraction of sp³-hybridized carbons (Fsp3) is 1.00. The first-order valence-corrected chi connectivity index (χ1v) is 8.21. The lowest BCUT2D eigenvalue weighted by Crippen LogP contribution is -2.48. The molecule has 0 heterocycles. The molecule has 0 radical (unpaired) electrons. The summed E-state index contributed by atoms with van der Waals surface area (Å²) in [5, 5.41) is 8.66. The molecular formula is C7H15NO5S2. The zero-order chi connectivity index (χ0) is 11.7. The summed E-state index contributed by atoms with van der Waals surface area (Å²) in [6, 6.07) is 0. The molecule has 0 amide bonds. The Morgan fingerprint density at radius 3 is 2.13 bits per heavy atom. The van der Waals surface area contributed by atoms with E-state index in [1.165, 1.54) is 0 Å². The van der Waals surface area contributed by atoms with Crippen molar-refractivity contribution in [2.24, 2.45) is 0 Å². The third-order valence-corrected chi connectivity index (χ3v) is 5.81. The van der Waals surface area contributed by atoms with Crippen molar-refractivity contribution in [3.05, 3.63) is 0 Å². The summed E-state index contributed by atoms with van der Waals surface area (Å²) in [7, 11) is -7.42. The van der Waals surface area contributed by atoms with Crippen molar-refractivity contribution in [2.45, 2.75) is 24.9 Å². The van der Waals surface area contributed by atoms with Gasteiger partial charge in [0.25, 0.3) is 0 Å². The maximum absolute atomic E-state index is 11.2. The van der Waals surface area contributed by atoms with Gasteiger partial charge < -0.3 is 5.11 Å². The monoisotopic (exact) mass is 257 g/mol. The zero-order valence-corrected chi connectivity index (χ0v) is 10.1. The van der Waals surface area contributed by atoms with Gasteiger partial charge in [0.15, 0.2) is 14.9 Å². The summed E-state index contributed by atoms with van der Waals surface area (Å²) in [5.74, 6) is 0. The lowest BCUT2D eigenvalue weighted by atomic mass is 9.81. The number of rotatable bonds is 5. The molecule has 8 heteroatoms. The first-order valence-electron chi connectivity index (χ1n) is 4.49. The van der Waals surface area contributed by atoms with Crippen molar-refractivity contribution in [3.63, 3.8) is 0 Å². The highest BCUT2D eigenvalue weighted by molar-refractivity contribution is 8.06. The summed E-state index contributed by atoms with van der Waals surface area (Å²) in [5.41, 5.74) is -0.982. The molecule has 1 saturated carbocycles. The van der Waals surface area contributed by atoms with Gasteiger partial charge in [0.1, 0.15) is 0 Å². The Balaban J connectivity index is 2.50. The molecule has 0 saturated heterocycles. The van der Waals surface area contributed by atoms with Crippen molar-refractivity contribution < 1.29 is 21.9 Å². The molecule has 1 aliphatic carbocycles. The van der Waals surface area contributed by atoms with Crippen LogP contribution in [0.15, 0.2) is 0 Å². The third-order valence-electron chi connectivity index (χ3n) is 2.27.